The molecule has 1 amide bonds. The third-order valence-electron chi connectivity index (χ3n) is 2.03. The second kappa shape index (κ2) is 5.90. The number of hydrogen-bond donors (Lipinski definition) is 1. The van der Waals surface area contributed by atoms with E-state index in [4.69, 9.17) is 4.74 Å². The number of hydrogen-bond acceptors (Lipinski definition) is 3. The van der Waals surface area contributed by atoms with Gasteiger partial charge in [0.2, 0.25) is 0 Å². The third kappa shape index (κ3) is 3.38. The lowest BCUT2D eigenvalue weighted by Crippen LogP contribution is -2.36. The van der Waals surface area contributed by atoms with E-state index in [1.54, 1.807) is 31.2 Å². The van der Waals surface area contributed by atoms with Crippen LogP contribution in [-0.4, -0.2) is 24.8 Å². The fraction of sp³-hybridized carbons (Fsp3) is 0.333. The molecule has 1 rings (SSSR count). The SMILES string of the molecule is CCNC(=O)C(C)Oc1cccc(C=O)c1. The second-order valence-corrected chi connectivity index (χ2v) is 3.35. The van der Waals surface area contributed by atoms with E-state index in [-0.39, 0.29) is 5.91 Å². The molecule has 1 atom stereocenters. The number of ether oxygens (including phenoxy) is 1. The Morgan fingerprint density at radius 3 is 2.94 bits per heavy atom. The maximum atomic E-state index is 11.4. The number of amides is 1. The van der Waals surface area contributed by atoms with Crippen LogP contribution in [0.2, 0.25) is 0 Å². The minimum absolute atomic E-state index is 0.168. The van der Waals surface area contributed by atoms with Gasteiger partial charge in [-0.15, -0.1) is 0 Å². The van der Waals surface area contributed by atoms with Crippen LogP contribution >= 0.6 is 0 Å². The summed E-state index contributed by atoms with van der Waals surface area (Å²) >= 11 is 0. The minimum Gasteiger partial charge on any atom is -0.481 e. The fourth-order valence-electron chi connectivity index (χ4n) is 1.24. The smallest absolute Gasteiger partial charge is 0.260 e. The Balaban J connectivity index is 2.65. The lowest BCUT2D eigenvalue weighted by molar-refractivity contribution is -0.127. The molecule has 0 radical (unpaired) electrons. The Morgan fingerprint density at radius 1 is 1.56 bits per heavy atom. The maximum absolute atomic E-state index is 11.4. The topological polar surface area (TPSA) is 55.4 Å². The highest BCUT2D eigenvalue weighted by Gasteiger charge is 2.13. The van der Waals surface area contributed by atoms with Crippen LogP contribution in [-0.2, 0) is 4.79 Å². The number of aldehydes is 1. The van der Waals surface area contributed by atoms with E-state index in [1.165, 1.54) is 0 Å². The first-order valence-corrected chi connectivity index (χ1v) is 5.17. The van der Waals surface area contributed by atoms with Crippen LogP contribution in [0.4, 0.5) is 0 Å². The van der Waals surface area contributed by atoms with Gasteiger partial charge in [-0.3, -0.25) is 9.59 Å². The average Bonchev–Trinajstić information content (AvgIpc) is 2.29. The summed E-state index contributed by atoms with van der Waals surface area (Å²) in [5, 5.41) is 2.66. The predicted molar refractivity (Wildman–Crippen MR) is 60.6 cm³/mol. The first kappa shape index (κ1) is 12.2. The van der Waals surface area contributed by atoms with Gasteiger partial charge in [-0.2, -0.15) is 0 Å². The van der Waals surface area contributed by atoms with Crippen LogP contribution in [0.1, 0.15) is 24.2 Å². The number of benzene rings is 1. The maximum Gasteiger partial charge on any atom is 0.260 e. The normalized spacial score (nSPS) is 11.6. The monoisotopic (exact) mass is 221 g/mol. The van der Waals surface area contributed by atoms with Gasteiger partial charge in [0.25, 0.3) is 5.91 Å². The summed E-state index contributed by atoms with van der Waals surface area (Å²) in [5.74, 6) is 0.349. The molecule has 0 aromatic heterocycles. The first-order valence-electron chi connectivity index (χ1n) is 5.17. The lowest BCUT2D eigenvalue weighted by atomic mass is 10.2. The fourth-order valence-corrected chi connectivity index (χ4v) is 1.24. The number of nitrogens with one attached hydrogen (secondary N) is 1. The van der Waals surface area contributed by atoms with Crippen LogP contribution in [0.3, 0.4) is 0 Å². The molecule has 0 spiro atoms. The highest BCUT2D eigenvalue weighted by molar-refractivity contribution is 5.80. The van der Waals surface area contributed by atoms with Crippen molar-refractivity contribution in [3.63, 3.8) is 0 Å². The van der Waals surface area contributed by atoms with Gasteiger partial charge in [0.05, 0.1) is 0 Å². The van der Waals surface area contributed by atoms with Gasteiger partial charge in [-0.05, 0) is 26.0 Å². The summed E-state index contributed by atoms with van der Waals surface area (Å²) in [6.45, 7) is 4.08. The quantitative estimate of drug-likeness (QED) is 0.765. The van der Waals surface area contributed by atoms with Crippen molar-refractivity contribution in [1.82, 2.24) is 5.32 Å². The van der Waals surface area contributed by atoms with Gasteiger partial charge in [-0.25, -0.2) is 0 Å². The van der Waals surface area contributed by atoms with Gasteiger partial charge < -0.3 is 10.1 Å². The molecule has 4 nitrogen and oxygen atoms in total. The number of carbonyl (C=O) groups excluding carboxylic acids is 2. The van der Waals surface area contributed by atoms with E-state index in [9.17, 15) is 9.59 Å². The van der Waals surface area contributed by atoms with Crippen LogP contribution in [0.25, 0.3) is 0 Å². The van der Waals surface area contributed by atoms with Gasteiger partial charge in [0.15, 0.2) is 6.10 Å². The van der Waals surface area contributed by atoms with Crippen molar-refractivity contribution < 1.29 is 14.3 Å². The molecule has 0 fully saturated rings. The van der Waals surface area contributed by atoms with Crippen molar-refractivity contribution >= 4 is 12.2 Å². The predicted octanol–water partition coefficient (Wildman–Crippen LogP) is 1.40. The molecule has 1 aromatic carbocycles. The third-order valence-corrected chi connectivity index (χ3v) is 2.03. The van der Waals surface area contributed by atoms with Gasteiger partial charge in [0.1, 0.15) is 12.0 Å². The summed E-state index contributed by atoms with van der Waals surface area (Å²) in [6, 6.07) is 6.70. The standard InChI is InChI=1S/C12H15NO3/c1-3-13-12(15)9(2)16-11-6-4-5-10(7-11)8-14/h4-9H,3H2,1-2H3,(H,13,15). The van der Waals surface area contributed by atoms with Crippen LogP contribution < -0.4 is 10.1 Å². The molecule has 1 N–H and O–H groups in total. The summed E-state index contributed by atoms with van der Waals surface area (Å²) < 4.78 is 5.40. The van der Waals surface area contributed by atoms with E-state index in [0.717, 1.165) is 6.29 Å². The zero-order valence-electron chi connectivity index (χ0n) is 9.40. The summed E-state index contributed by atoms with van der Waals surface area (Å²) in [7, 11) is 0. The molecule has 1 aromatic rings. The second-order valence-electron chi connectivity index (χ2n) is 3.35. The van der Waals surface area contributed by atoms with Gasteiger partial charge >= 0.3 is 0 Å². The molecule has 0 saturated carbocycles. The number of rotatable bonds is 5. The highest BCUT2D eigenvalue weighted by Crippen LogP contribution is 2.13. The summed E-state index contributed by atoms with van der Waals surface area (Å²) in [4.78, 5) is 21.9. The zero-order chi connectivity index (χ0) is 12.0. The minimum atomic E-state index is -0.568. The molecule has 0 aliphatic heterocycles. The van der Waals surface area contributed by atoms with Crippen molar-refractivity contribution in [2.24, 2.45) is 0 Å². The Hall–Kier alpha value is -1.84. The van der Waals surface area contributed by atoms with Crippen molar-refractivity contribution in [2.45, 2.75) is 20.0 Å². The highest BCUT2D eigenvalue weighted by atomic mass is 16.5. The van der Waals surface area contributed by atoms with Crippen LogP contribution in [0, 0.1) is 0 Å². The molecule has 4 heteroatoms. The van der Waals surface area contributed by atoms with E-state index in [1.807, 2.05) is 6.92 Å². The number of carbonyl (C=O) groups is 2. The average molecular weight is 221 g/mol. The number of likely N-dealkylation sites (N-methyl/N-ethyl adjacent to an activating group) is 1. The molecule has 0 aliphatic carbocycles. The molecule has 16 heavy (non-hydrogen) atoms. The summed E-state index contributed by atoms with van der Waals surface area (Å²) in [6.07, 6.45) is 0.172. The van der Waals surface area contributed by atoms with Crippen molar-refractivity contribution in [1.29, 1.82) is 0 Å². The summed E-state index contributed by atoms with van der Waals surface area (Å²) in [5.41, 5.74) is 0.528. The molecule has 0 heterocycles. The molecular formula is C12H15NO3. The molecule has 86 valence electrons. The Bertz CT molecular complexity index is 376. The largest absolute Gasteiger partial charge is 0.481 e. The van der Waals surface area contributed by atoms with E-state index in [0.29, 0.717) is 17.9 Å². The van der Waals surface area contributed by atoms with E-state index < -0.39 is 6.10 Å². The van der Waals surface area contributed by atoms with E-state index >= 15 is 0 Å². The van der Waals surface area contributed by atoms with Crippen LogP contribution in [0.15, 0.2) is 24.3 Å². The molecule has 0 bridgehead atoms. The molecular weight excluding hydrogens is 206 g/mol. The van der Waals surface area contributed by atoms with Crippen molar-refractivity contribution in [3.8, 4) is 5.75 Å². The first-order chi connectivity index (χ1) is 7.67. The lowest BCUT2D eigenvalue weighted by Gasteiger charge is -2.14. The van der Waals surface area contributed by atoms with Crippen molar-refractivity contribution in [2.75, 3.05) is 6.54 Å². The Labute approximate surface area is 94.6 Å². The van der Waals surface area contributed by atoms with Crippen molar-refractivity contribution in [3.05, 3.63) is 29.8 Å². The van der Waals surface area contributed by atoms with E-state index in [2.05, 4.69) is 5.32 Å². The molecule has 0 saturated heterocycles. The Kier molecular flexibility index (Phi) is 4.51. The molecule has 0 aliphatic rings. The van der Waals surface area contributed by atoms with Gasteiger partial charge in [-0.1, -0.05) is 12.1 Å². The Morgan fingerprint density at radius 2 is 2.31 bits per heavy atom. The molecule has 1 unspecified atom stereocenters. The van der Waals surface area contributed by atoms with Gasteiger partial charge in [0, 0.05) is 12.1 Å². The van der Waals surface area contributed by atoms with Crippen LogP contribution in [0.5, 0.6) is 5.75 Å². The zero-order valence-corrected chi connectivity index (χ0v) is 9.40.